The van der Waals surface area contributed by atoms with Crippen molar-refractivity contribution in [3.05, 3.63) is 45.5 Å². The molecule has 4 nitrogen and oxygen atoms in total. The van der Waals surface area contributed by atoms with Crippen LogP contribution in [0.3, 0.4) is 0 Å². The molecule has 1 aliphatic heterocycles. The van der Waals surface area contributed by atoms with E-state index in [1.807, 2.05) is 12.1 Å². The highest BCUT2D eigenvalue weighted by molar-refractivity contribution is 6.35. The third-order valence-corrected chi connectivity index (χ3v) is 4.41. The first-order valence-electron chi connectivity index (χ1n) is 7.11. The Morgan fingerprint density at radius 1 is 1.38 bits per heavy atom. The maximum absolute atomic E-state index is 6.18. The molecule has 1 aromatic heterocycles. The van der Waals surface area contributed by atoms with Crippen molar-refractivity contribution in [2.75, 3.05) is 6.54 Å². The molecule has 0 bridgehead atoms. The van der Waals surface area contributed by atoms with Gasteiger partial charge in [0.2, 0.25) is 5.89 Å². The van der Waals surface area contributed by atoms with E-state index < -0.39 is 0 Å². The number of nitrogens with one attached hydrogen (secondary N) is 1. The SMILES string of the molecule is CC1CC(c2nc(Cc3ccc(Cl)cc3Cl)no2)CCN1. The second kappa shape index (κ2) is 6.34. The van der Waals surface area contributed by atoms with Crippen LogP contribution in [-0.4, -0.2) is 22.7 Å². The maximum Gasteiger partial charge on any atom is 0.229 e. The van der Waals surface area contributed by atoms with Crippen LogP contribution in [0.25, 0.3) is 0 Å². The summed E-state index contributed by atoms with van der Waals surface area (Å²) in [4.78, 5) is 4.53. The van der Waals surface area contributed by atoms with Crippen LogP contribution in [0.1, 0.15) is 43.0 Å². The minimum Gasteiger partial charge on any atom is -0.339 e. The van der Waals surface area contributed by atoms with Crippen LogP contribution in [0.15, 0.2) is 22.7 Å². The highest BCUT2D eigenvalue weighted by Crippen LogP contribution is 2.27. The standard InChI is InChI=1S/C15H17Cl2N3O/c1-9-6-11(4-5-18-9)15-19-14(20-21-15)7-10-2-3-12(16)8-13(10)17/h2-3,8-9,11,18H,4-7H2,1H3. The van der Waals surface area contributed by atoms with Gasteiger partial charge in [-0.25, -0.2) is 0 Å². The zero-order chi connectivity index (χ0) is 14.8. The van der Waals surface area contributed by atoms with Gasteiger partial charge in [-0.05, 0) is 44.0 Å². The van der Waals surface area contributed by atoms with E-state index in [1.165, 1.54) is 0 Å². The van der Waals surface area contributed by atoms with Crippen LogP contribution in [-0.2, 0) is 6.42 Å². The predicted molar refractivity (Wildman–Crippen MR) is 83.0 cm³/mol. The van der Waals surface area contributed by atoms with Crippen molar-refractivity contribution in [3.63, 3.8) is 0 Å². The van der Waals surface area contributed by atoms with E-state index in [9.17, 15) is 0 Å². The fourth-order valence-corrected chi connectivity index (χ4v) is 3.17. The Morgan fingerprint density at radius 3 is 3.00 bits per heavy atom. The largest absolute Gasteiger partial charge is 0.339 e. The van der Waals surface area contributed by atoms with Crippen LogP contribution in [0.2, 0.25) is 10.0 Å². The van der Waals surface area contributed by atoms with E-state index >= 15 is 0 Å². The first-order valence-corrected chi connectivity index (χ1v) is 7.87. The van der Waals surface area contributed by atoms with Gasteiger partial charge in [0.1, 0.15) is 0 Å². The van der Waals surface area contributed by atoms with Crippen LogP contribution in [0.5, 0.6) is 0 Å². The van der Waals surface area contributed by atoms with Gasteiger partial charge in [-0.15, -0.1) is 0 Å². The molecular weight excluding hydrogens is 309 g/mol. The van der Waals surface area contributed by atoms with Gasteiger partial charge in [0.25, 0.3) is 0 Å². The van der Waals surface area contributed by atoms with E-state index in [2.05, 4.69) is 22.4 Å². The zero-order valence-corrected chi connectivity index (χ0v) is 13.3. The molecular formula is C15H17Cl2N3O. The normalized spacial score (nSPS) is 22.4. The molecule has 0 aliphatic carbocycles. The monoisotopic (exact) mass is 325 g/mol. The molecule has 2 aromatic rings. The van der Waals surface area contributed by atoms with Gasteiger partial charge in [0.15, 0.2) is 5.82 Å². The summed E-state index contributed by atoms with van der Waals surface area (Å²) < 4.78 is 5.43. The third-order valence-electron chi connectivity index (χ3n) is 3.82. The van der Waals surface area contributed by atoms with Gasteiger partial charge in [-0.2, -0.15) is 4.98 Å². The minimum absolute atomic E-state index is 0.350. The minimum atomic E-state index is 0.350. The Labute approximate surface area is 133 Å². The van der Waals surface area contributed by atoms with E-state index in [1.54, 1.807) is 6.07 Å². The van der Waals surface area contributed by atoms with E-state index in [-0.39, 0.29) is 0 Å². The van der Waals surface area contributed by atoms with Gasteiger partial charge in [-0.3, -0.25) is 0 Å². The molecule has 0 spiro atoms. The topological polar surface area (TPSA) is 51.0 Å². The number of hydrogen-bond acceptors (Lipinski definition) is 4. The van der Waals surface area contributed by atoms with Gasteiger partial charge in [0.05, 0.1) is 0 Å². The summed E-state index contributed by atoms with van der Waals surface area (Å²) in [6.45, 7) is 3.17. The number of aromatic nitrogens is 2. The first kappa shape index (κ1) is 14.8. The molecule has 0 saturated carbocycles. The third kappa shape index (κ3) is 3.57. The highest BCUT2D eigenvalue weighted by atomic mass is 35.5. The summed E-state index contributed by atoms with van der Waals surface area (Å²) in [5, 5.41) is 8.75. The van der Waals surface area contributed by atoms with Crippen molar-refractivity contribution < 1.29 is 4.52 Å². The fraction of sp³-hybridized carbons (Fsp3) is 0.467. The lowest BCUT2D eigenvalue weighted by atomic mass is 9.93. The average molecular weight is 326 g/mol. The number of halogens is 2. The molecule has 112 valence electrons. The Morgan fingerprint density at radius 2 is 2.24 bits per heavy atom. The number of hydrogen-bond donors (Lipinski definition) is 1. The molecule has 2 atom stereocenters. The number of nitrogens with zero attached hydrogens (tertiary/aromatic N) is 2. The van der Waals surface area contributed by atoms with E-state index in [0.717, 1.165) is 30.8 Å². The summed E-state index contributed by atoms with van der Waals surface area (Å²) >= 11 is 12.1. The second-order valence-corrected chi connectivity index (χ2v) is 6.38. The Hall–Kier alpha value is -1.10. The highest BCUT2D eigenvalue weighted by Gasteiger charge is 2.25. The molecule has 6 heteroatoms. The van der Waals surface area contributed by atoms with Gasteiger partial charge in [-0.1, -0.05) is 34.4 Å². The lowest BCUT2D eigenvalue weighted by Gasteiger charge is -2.25. The Kier molecular flexibility index (Phi) is 4.48. The average Bonchev–Trinajstić information content (AvgIpc) is 2.91. The molecule has 1 aromatic carbocycles. The molecule has 0 amide bonds. The second-order valence-electron chi connectivity index (χ2n) is 5.54. The predicted octanol–water partition coefficient (Wildman–Crippen LogP) is 3.82. The summed E-state index contributed by atoms with van der Waals surface area (Å²) in [5.41, 5.74) is 0.951. The number of rotatable bonds is 3. The molecule has 1 saturated heterocycles. The van der Waals surface area contributed by atoms with Crippen LogP contribution >= 0.6 is 23.2 Å². The van der Waals surface area contributed by atoms with Crippen molar-refractivity contribution in [2.24, 2.45) is 0 Å². The molecule has 1 fully saturated rings. The molecule has 21 heavy (non-hydrogen) atoms. The summed E-state index contributed by atoms with van der Waals surface area (Å²) in [5.74, 6) is 1.76. The number of piperidine rings is 1. The van der Waals surface area contributed by atoms with Crippen molar-refractivity contribution in [2.45, 2.75) is 38.1 Å². The van der Waals surface area contributed by atoms with Crippen LogP contribution in [0.4, 0.5) is 0 Å². The smallest absolute Gasteiger partial charge is 0.229 e. The van der Waals surface area contributed by atoms with Gasteiger partial charge < -0.3 is 9.84 Å². The molecule has 0 radical (unpaired) electrons. The zero-order valence-electron chi connectivity index (χ0n) is 11.8. The Bertz CT molecular complexity index is 629. The lowest BCUT2D eigenvalue weighted by molar-refractivity contribution is 0.294. The number of benzene rings is 1. The Balaban J connectivity index is 1.72. The van der Waals surface area contributed by atoms with Gasteiger partial charge in [0, 0.05) is 28.4 Å². The van der Waals surface area contributed by atoms with Crippen LogP contribution < -0.4 is 5.32 Å². The quantitative estimate of drug-likeness (QED) is 0.931. The maximum atomic E-state index is 6.18. The van der Waals surface area contributed by atoms with E-state index in [4.69, 9.17) is 27.7 Å². The van der Waals surface area contributed by atoms with Crippen molar-refractivity contribution >= 4 is 23.2 Å². The molecule has 3 rings (SSSR count). The lowest BCUT2D eigenvalue weighted by Crippen LogP contribution is -2.34. The first-order chi connectivity index (χ1) is 10.1. The van der Waals surface area contributed by atoms with Crippen molar-refractivity contribution in [1.82, 2.24) is 15.5 Å². The molecule has 1 N–H and O–H groups in total. The molecule has 2 unspecified atom stereocenters. The summed E-state index contributed by atoms with van der Waals surface area (Å²) in [7, 11) is 0. The molecule has 2 heterocycles. The van der Waals surface area contributed by atoms with Crippen LogP contribution in [0, 0.1) is 0 Å². The molecule has 1 aliphatic rings. The summed E-state index contributed by atoms with van der Waals surface area (Å²) in [6.07, 6.45) is 2.62. The van der Waals surface area contributed by atoms with Crippen molar-refractivity contribution in [1.29, 1.82) is 0 Å². The van der Waals surface area contributed by atoms with Crippen molar-refractivity contribution in [3.8, 4) is 0 Å². The van der Waals surface area contributed by atoms with E-state index in [0.29, 0.717) is 34.3 Å². The van der Waals surface area contributed by atoms with Gasteiger partial charge >= 0.3 is 0 Å². The fourth-order valence-electron chi connectivity index (χ4n) is 2.70. The summed E-state index contributed by atoms with van der Waals surface area (Å²) in [6, 6.07) is 5.93.